The molecule has 2 aliphatic rings. The molecule has 1 N–H and O–H groups in total. The molecule has 1 saturated heterocycles. The first kappa shape index (κ1) is 17.7. The van der Waals surface area contributed by atoms with Gasteiger partial charge in [0, 0.05) is 22.6 Å². The second kappa shape index (κ2) is 5.99. The Bertz CT molecular complexity index is 620. The Morgan fingerprint density at radius 1 is 1.33 bits per heavy atom. The van der Waals surface area contributed by atoms with E-state index in [1.807, 2.05) is 32.9 Å². The van der Waals surface area contributed by atoms with Crippen molar-refractivity contribution in [1.82, 2.24) is 9.88 Å². The van der Waals surface area contributed by atoms with Crippen molar-refractivity contribution in [3.8, 4) is 0 Å². The molecule has 1 amide bonds. The average Bonchev–Trinajstić information content (AvgIpc) is 3.04. The van der Waals surface area contributed by atoms with Gasteiger partial charge in [0.05, 0.1) is 12.2 Å². The smallest absolute Gasteiger partial charge is 0.410 e. The Labute approximate surface area is 151 Å². The minimum atomic E-state index is -1.12. The lowest BCUT2D eigenvalue weighted by Gasteiger charge is -2.35. The Kier molecular flexibility index (Phi) is 4.41. The first-order valence-corrected chi connectivity index (χ1v) is 9.28. The highest BCUT2D eigenvalue weighted by Gasteiger charge is 2.57. The van der Waals surface area contributed by atoms with E-state index in [0.717, 1.165) is 30.2 Å². The number of pyridine rings is 1. The minimum Gasteiger partial charge on any atom is -0.444 e. The minimum absolute atomic E-state index is 0.233. The number of likely N-dealkylation sites (tertiary alicyclic amines) is 1. The molecular formula is C18H25BrN2O3. The molecule has 24 heavy (non-hydrogen) atoms. The zero-order chi connectivity index (χ0) is 17.6. The quantitative estimate of drug-likeness (QED) is 0.779. The second-order valence-electron chi connectivity index (χ2n) is 8.07. The average molecular weight is 397 g/mol. The number of halogens is 1. The van der Waals surface area contributed by atoms with Crippen LogP contribution in [-0.4, -0.2) is 38.8 Å². The Morgan fingerprint density at radius 3 is 2.54 bits per heavy atom. The molecule has 1 aromatic heterocycles. The van der Waals surface area contributed by atoms with Gasteiger partial charge < -0.3 is 9.84 Å². The number of hydrogen-bond donors (Lipinski definition) is 1. The normalized spacial score (nSPS) is 26.1. The predicted molar refractivity (Wildman–Crippen MR) is 94.6 cm³/mol. The van der Waals surface area contributed by atoms with Gasteiger partial charge in [-0.3, -0.25) is 9.88 Å². The van der Waals surface area contributed by atoms with Gasteiger partial charge in [0.25, 0.3) is 0 Å². The van der Waals surface area contributed by atoms with E-state index in [1.54, 1.807) is 11.1 Å². The summed E-state index contributed by atoms with van der Waals surface area (Å²) >= 11 is 3.37. The molecule has 2 fully saturated rings. The number of β-amino-alcohol motifs (C(OH)–C–C–N with tert-alkyl or cyclic N) is 1. The molecule has 2 heterocycles. The van der Waals surface area contributed by atoms with Crippen LogP contribution < -0.4 is 0 Å². The summed E-state index contributed by atoms with van der Waals surface area (Å²) in [5, 5.41) is 11.3. The van der Waals surface area contributed by atoms with Crippen molar-refractivity contribution in [2.75, 3.05) is 6.54 Å². The van der Waals surface area contributed by atoms with Crippen molar-refractivity contribution in [3.63, 3.8) is 0 Å². The molecule has 1 unspecified atom stereocenters. The van der Waals surface area contributed by atoms with Gasteiger partial charge in [0.15, 0.2) is 0 Å². The van der Waals surface area contributed by atoms with E-state index in [1.165, 1.54) is 0 Å². The van der Waals surface area contributed by atoms with Crippen LogP contribution in [0.3, 0.4) is 0 Å². The molecule has 5 nitrogen and oxygen atoms in total. The number of ether oxygens (including phenoxy) is 1. The summed E-state index contributed by atoms with van der Waals surface area (Å²) in [6, 6.07) is 3.70. The lowest BCUT2D eigenvalue weighted by molar-refractivity contribution is 0.00354. The summed E-state index contributed by atoms with van der Waals surface area (Å²) in [5.41, 5.74) is -1.37. The fourth-order valence-corrected chi connectivity index (χ4v) is 4.24. The summed E-state index contributed by atoms with van der Waals surface area (Å²) in [6.45, 7) is 5.83. The third-order valence-corrected chi connectivity index (χ3v) is 5.44. The third-order valence-electron chi connectivity index (χ3n) is 4.97. The van der Waals surface area contributed by atoms with E-state index in [4.69, 9.17) is 4.74 Å². The number of carbonyl (C=O) groups is 1. The molecule has 1 aliphatic heterocycles. The van der Waals surface area contributed by atoms with Crippen molar-refractivity contribution in [2.45, 2.75) is 69.6 Å². The highest BCUT2D eigenvalue weighted by Crippen LogP contribution is 2.50. The number of hydrogen-bond acceptors (Lipinski definition) is 4. The molecule has 0 aromatic carbocycles. The summed E-state index contributed by atoms with van der Waals surface area (Å²) in [6.07, 6.45) is 5.83. The van der Waals surface area contributed by atoms with Crippen LogP contribution in [-0.2, 0) is 10.3 Å². The van der Waals surface area contributed by atoms with Gasteiger partial charge in [-0.1, -0.05) is 12.8 Å². The summed E-state index contributed by atoms with van der Waals surface area (Å²) in [4.78, 5) is 18.9. The zero-order valence-electron chi connectivity index (χ0n) is 14.5. The van der Waals surface area contributed by atoms with Gasteiger partial charge in [0.2, 0.25) is 0 Å². The molecule has 132 valence electrons. The molecule has 0 radical (unpaired) electrons. The van der Waals surface area contributed by atoms with Crippen molar-refractivity contribution in [3.05, 3.63) is 28.5 Å². The standard InChI is InChI=1S/C18H25BrN2O3/c1-16(2,3)24-15(22)21-12-18(23,11-17(21)8-4-5-9-17)14-7-6-13(19)10-20-14/h6-7,10,23H,4-5,8-9,11-12H2,1-3H3. The number of aromatic nitrogens is 1. The van der Waals surface area contributed by atoms with Crippen LogP contribution in [0.1, 0.15) is 58.6 Å². The highest BCUT2D eigenvalue weighted by molar-refractivity contribution is 9.10. The van der Waals surface area contributed by atoms with Gasteiger partial charge in [0.1, 0.15) is 11.2 Å². The summed E-state index contributed by atoms with van der Waals surface area (Å²) < 4.78 is 6.47. The van der Waals surface area contributed by atoms with Crippen LogP contribution in [0.4, 0.5) is 4.79 Å². The van der Waals surface area contributed by atoms with Gasteiger partial charge in [-0.25, -0.2) is 4.79 Å². The second-order valence-corrected chi connectivity index (χ2v) is 8.98. The van der Waals surface area contributed by atoms with Crippen molar-refractivity contribution >= 4 is 22.0 Å². The van der Waals surface area contributed by atoms with E-state index >= 15 is 0 Å². The topological polar surface area (TPSA) is 62.7 Å². The fraction of sp³-hybridized carbons (Fsp3) is 0.667. The monoisotopic (exact) mass is 396 g/mol. The molecular weight excluding hydrogens is 372 g/mol. The van der Waals surface area contributed by atoms with Gasteiger partial charge in [-0.05, 0) is 61.7 Å². The number of nitrogens with zero attached hydrogens (tertiary/aromatic N) is 2. The van der Waals surface area contributed by atoms with Crippen molar-refractivity contribution in [2.24, 2.45) is 0 Å². The van der Waals surface area contributed by atoms with Crippen LogP contribution in [0.25, 0.3) is 0 Å². The van der Waals surface area contributed by atoms with Gasteiger partial charge in [-0.15, -0.1) is 0 Å². The molecule has 0 bridgehead atoms. The molecule has 1 aliphatic carbocycles. The lowest BCUT2D eigenvalue weighted by Crippen LogP contribution is -2.47. The largest absolute Gasteiger partial charge is 0.444 e. The number of rotatable bonds is 1. The maximum absolute atomic E-state index is 12.8. The Morgan fingerprint density at radius 2 is 2.00 bits per heavy atom. The highest BCUT2D eigenvalue weighted by atomic mass is 79.9. The van der Waals surface area contributed by atoms with Crippen molar-refractivity contribution in [1.29, 1.82) is 0 Å². The molecule has 1 atom stereocenters. The van der Waals surface area contributed by atoms with E-state index in [0.29, 0.717) is 12.1 Å². The third kappa shape index (κ3) is 3.31. The molecule has 1 aromatic rings. The van der Waals surface area contributed by atoms with E-state index in [2.05, 4.69) is 20.9 Å². The fourth-order valence-electron chi connectivity index (χ4n) is 4.00. The molecule has 1 spiro atoms. The lowest BCUT2D eigenvalue weighted by atomic mass is 9.86. The maximum Gasteiger partial charge on any atom is 0.410 e. The molecule has 3 rings (SSSR count). The summed E-state index contributed by atoms with van der Waals surface area (Å²) in [5.74, 6) is 0. The predicted octanol–water partition coefficient (Wildman–Crippen LogP) is 3.99. The van der Waals surface area contributed by atoms with E-state index in [9.17, 15) is 9.90 Å². The van der Waals surface area contributed by atoms with Crippen LogP contribution >= 0.6 is 15.9 Å². The Balaban J connectivity index is 1.91. The van der Waals surface area contributed by atoms with E-state index < -0.39 is 11.2 Å². The zero-order valence-corrected chi connectivity index (χ0v) is 16.1. The van der Waals surface area contributed by atoms with Gasteiger partial charge in [-0.2, -0.15) is 0 Å². The Hall–Kier alpha value is -1.14. The van der Waals surface area contributed by atoms with Crippen LogP contribution in [0, 0.1) is 0 Å². The maximum atomic E-state index is 12.8. The van der Waals surface area contributed by atoms with Crippen LogP contribution in [0.15, 0.2) is 22.8 Å². The van der Waals surface area contributed by atoms with Crippen LogP contribution in [0.2, 0.25) is 0 Å². The van der Waals surface area contributed by atoms with Crippen LogP contribution in [0.5, 0.6) is 0 Å². The van der Waals surface area contributed by atoms with Gasteiger partial charge >= 0.3 is 6.09 Å². The SMILES string of the molecule is CC(C)(C)OC(=O)N1CC(O)(c2ccc(Br)cn2)CC12CCCC2. The first-order chi connectivity index (χ1) is 11.1. The molecule has 6 heteroatoms. The number of aliphatic hydroxyl groups is 1. The first-order valence-electron chi connectivity index (χ1n) is 8.49. The molecule has 1 saturated carbocycles. The number of carbonyl (C=O) groups excluding carboxylic acids is 1. The summed E-state index contributed by atoms with van der Waals surface area (Å²) in [7, 11) is 0. The number of amides is 1. The van der Waals surface area contributed by atoms with Crippen molar-refractivity contribution < 1.29 is 14.6 Å². The van der Waals surface area contributed by atoms with E-state index in [-0.39, 0.29) is 18.2 Å².